The number of para-hydroxylation sites is 1. The third kappa shape index (κ3) is 3.99. The number of fused-ring (bicyclic) bond motifs is 1. The van der Waals surface area contributed by atoms with E-state index in [0.29, 0.717) is 26.4 Å². The monoisotopic (exact) mass is 490 g/mol. The van der Waals surface area contributed by atoms with Gasteiger partial charge in [-0.15, -0.1) is 0 Å². The van der Waals surface area contributed by atoms with E-state index < -0.39 is 0 Å². The molecule has 0 N–H and O–H groups in total. The van der Waals surface area contributed by atoms with E-state index in [1.165, 1.54) is 16.7 Å². The Balaban J connectivity index is 1.51. The molecule has 0 aliphatic carbocycles. The molecule has 0 aromatic heterocycles. The van der Waals surface area contributed by atoms with E-state index in [1.54, 1.807) is 11.0 Å². The lowest BCUT2D eigenvalue weighted by Gasteiger charge is -2.17. The van der Waals surface area contributed by atoms with Gasteiger partial charge in [-0.25, -0.2) is 0 Å². The zero-order valence-corrected chi connectivity index (χ0v) is 20.1. The van der Waals surface area contributed by atoms with Gasteiger partial charge in [0.05, 0.1) is 29.3 Å². The van der Waals surface area contributed by atoms with Gasteiger partial charge in [-0.3, -0.25) is 14.5 Å². The van der Waals surface area contributed by atoms with Crippen LogP contribution in [0.25, 0.3) is 5.57 Å². The average molecular weight is 491 g/mol. The molecule has 4 nitrogen and oxygen atoms in total. The average Bonchev–Trinajstić information content (AvgIpc) is 3.24. The van der Waals surface area contributed by atoms with Crippen molar-refractivity contribution in [1.82, 2.24) is 4.90 Å². The number of hydrogen-bond donors (Lipinski definition) is 0. The van der Waals surface area contributed by atoms with Crippen molar-refractivity contribution < 1.29 is 9.59 Å². The van der Waals surface area contributed by atoms with E-state index in [4.69, 9.17) is 23.8 Å². The minimum absolute atomic E-state index is 0.185. The Bertz CT molecular complexity index is 1330. The summed E-state index contributed by atoms with van der Waals surface area (Å²) >= 11 is 13.0. The van der Waals surface area contributed by atoms with Crippen LogP contribution in [0.15, 0.2) is 77.7 Å². The molecule has 0 atom stereocenters. The van der Waals surface area contributed by atoms with Gasteiger partial charge < -0.3 is 4.90 Å². The zero-order chi connectivity index (χ0) is 23.1. The van der Waals surface area contributed by atoms with E-state index in [-0.39, 0.29) is 18.4 Å². The number of thioether (sulfide) groups is 1. The molecule has 7 heteroatoms. The molecule has 0 spiro atoms. The smallest absolute Gasteiger partial charge is 0.267 e. The first-order valence-corrected chi connectivity index (χ1v) is 12.0. The Labute approximate surface area is 206 Å². The summed E-state index contributed by atoms with van der Waals surface area (Å²) in [5, 5.41) is 0.575. The topological polar surface area (TPSA) is 40.6 Å². The fourth-order valence-corrected chi connectivity index (χ4v) is 5.54. The highest BCUT2D eigenvalue weighted by Crippen LogP contribution is 2.45. The summed E-state index contributed by atoms with van der Waals surface area (Å²) < 4.78 is 0.421. The molecule has 2 aliphatic rings. The number of halogens is 1. The number of anilines is 1. The predicted molar refractivity (Wildman–Crippen MR) is 138 cm³/mol. The summed E-state index contributed by atoms with van der Waals surface area (Å²) in [7, 11) is 0. The molecule has 0 radical (unpaired) electrons. The molecule has 0 unspecified atom stereocenters. The second kappa shape index (κ2) is 8.78. The van der Waals surface area contributed by atoms with Crippen molar-refractivity contribution in [2.45, 2.75) is 20.0 Å². The van der Waals surface area contributed by atoms with Gasteiger partial charge in [0.25, 0.3) is 11.8 Å². The van der Waals surface area contributed by atoms with Gasteiger partial charge in [0.1, 0.15) is 4.32 Å². The number of nitrogens with zero attached hydrogens (tertiary/aromatic N) is 2. The highest BCUT2D eigenvalue weighted by molar-refractivity contribution is 8.26. The standard InChI is InChI=1S/C26H19ClN2O2S2/c1-16-10-12-17(13-11-16)14-28-21-9-5-3-7-19(21)22(24(28)30)23-25(31)29(26(32)33-23)15-18-6-2-4-8-20(18)27/h2-13H,14-15H2,1H3. The Morgan fingerprint density at radius 1 is 0.848 bits per heavy atom. The van der Waals surface area contributed by atoms with Crippen molar-refractivity contribution in [1.29, 1.82) is 0 Å². The van der Waals surface area contributed by atoms with Crippen molar-refractivity contribution in [3.8, 4) is 0 Å². The normalized spacial score (nSPS) is 17.8. The molecule has 1 saturated heterocycles. The molecule has 3 aromatic rings. The minimum Gasteiger partial charge on any atom is -0.303 e. The number of carbonyl (C=O) groups is 2. The van der Waals surface area contributed by atoms with Crippen LogP contribution in [-0.2, 0) is 22.7 Å². The zero-order valence-electron chi connectivity index (χ0n) is 17.7. The van der Waals surface area contributed by atoms with Crippen LogP contribution >= 0.6 is 35.6 Å². The number of rotatable bonds is 4. The summed E-state index contributed by atoms with van der Waals surface area (Å²) in [5.74, 6) is -0.449. The van der Waals surface area contributed by atoms with Crippen LogP contribution in [0.5, 0.6) is 0 Å². The highest BCUT2D eigenvalue weighted by Gasteiger charge is 2.42. The summed E-state index contributed by atoms with van der Waals surface area (Å²) in [6, 6.07) is 23.1. The highest BCUT2D eigenvalue weighted by atomic mass is 35.5. The van der Waals surface area contributed by atoms with Crippen molar-refractivity contribution in [2.24, 2.45) is 0 Å². The van der Waals surface area contributed by atoms with Gasteiger partial charge in [-0.05, 0) is 30.2 Å². The van der Waals surface area contributed by atoms with Crippen molar-refractivity contribution in [3.63, 3.8) is 0 Å². The predicted octanol–water partition coefficient (Wildman–Crippen LogP) is 5.97. The molecule has 2 aliphatic heterocycles. The molecule has 1 fully saturated rings. The largest absolute Gasteiger partial charge is 0.303 e. The molecular formula is C26H19ClN2O2S2. The maximum absolute atomic E-state index is 13.6. The van der Waals surface area contributed by atoms with E-state index >= 15 is 0 Å². The Morgan fingerprint density at radius 2 is 1.55 bits per heavy atom. The minimum atomic E-state index is -0.264. The van der Waals surface area contributed by atoms with Crippen LogP contribution in [0.1, 0.15) is 22.3 Å². The lowest BCUT2D eigenvalue weighted by atomic mass is 10.1. The number of thiocarbonyl (C=S) groups is 1. The first kappa shape index (κ1) is 21.9. The Hall–Kier alpha value is -2.93. The maximum atomic E-state index is 13.6. The van der Waals surface area contributed by atoms with Crippen LogP contribution in [-0.4, -0.2) is 21.0 Å². The number of carbonyl (C=O) groups excluding carboxylic acids is 2. The molecule has 0 saturated carbocycles. The molecule has 0 bridgehead atoms. The van der Waals surface area contributed by atoms with Crippen molar-refractivity contribution >= 4 is 63.0 Å². The van der Waals surface area contributed by atoms with Gasteiger partial charge in [0.15, 0.2) is 0 Å². The lowest BCUT2D eigenvalue weighted by Crippen LogP contribution is -2.29. The number of hydrogen-bond acceptors (Lipinski definition) is 4. The summed E-state index contributed by atoms with van der Waals surface area (Å²) in [5.41, 5.74) is 4.96. The first-order valence-electron chi connectivity index (χ1n) is 10.4. The van der Waals surface area contributed by atoms with Crippen LogP contribution in [0.3, 0.4) is 0 Å². The van der Waals surface area contributed by atoms with Crippen LogP contribution in [0.4, 0.5) is 5.69 Å². The summed E-state index contributed by atoms with van der Waals surface area (Å²) in [4.78, 5) is 30.7. The van der Waals surface area contributed by atoms with E-state index in [9.17, 15) is 9.59 Å². The van der Waals surface area contributed by atoms with E-state index in [2.05, 4.69) is 0 Å². The van der Waals surface area contributed by atoms with E-state index in [1.807, 2.05) is 73.7 Å². The van der Waals surface area contributed by atoms with Crippen LogP contribution in [0.2, 0.25) is 5.02 Å². The summed E-state index contributed by atoms with van der Waals surface area (Å²) in [6.45, 7) is 2.73. The number of amides is 2. The van der Waals surface area contributed by atoms with Crippen LogP contribution < -0.4 is 4.90 Å². The van der Waals surface area contributed by atoms with Crippen molar-refractivity contribution in [2.75, 3.05) is 4.90 Å². The molecule has 164 valence electrons. The fraction of sp³-hybridized carbons (Fsp3) is 0.115. The maximum Gasteiger partial charge on any atom is 0.267 e. The molecular weight excluding hydrogens is 472 g/mol. The number of aryl methyl sites for hydroxylation is 1. The molecule has 5 rings (SSSR count). The quantitative estimate of drug-likeness (QED) is 0.334. The van der Waals surface area contributed by atoms with Gasteiger partial charge in [-0.2, -0.15) is 0 Å². The second-order valence-electron chi connectivity index (χ2n) is 7.95. The van der Waals surface area contributed by atoms with Gasteiger partial charge in [0, 0.05) is 10.6 Å². The second-order valence-corrected chi connectivity index (χ2v) is 10.0. The van der Waals surface area contributed by atoms with E-state index in [0.717, 1.165) is 27.9 Å². The van der Waals surface area contributed by atoms with Crippen molar-refractivity contribution in [3.05, 3.63) is 105 Å². The Morgan fingerprint density at radius 3 is 2.30 bits per heavy atom. The third-order valence-electron chi connectivity index (χ3n) is 5.75. The molecule has 33 heavy (non-hydrogen) atoms. The van der Waals surface area contributed by atoms with Crippen LogP contribution in [0, 0.1) is 6.92 Å². The van der Waals surface area contributed by atoms with Gasteiger partial charge in [0.2, 0.25) is 0 Å². The number of benzene rings is 3. The molecule has 2 amide bonds. The lowest BCUT2D eigenvalue weighted by molar-refractivity contribution is -0.122. The molecule has 3 aromatic carbocycles. The molecule has 2 heterocycles. The first-order chi connectivity index (χ1) is 15.9. The fourth-order valence-electron chi connectivity index (χ4n) is 4.02. The van der Waals surface area contributed by atoms with Gasteiger partial charge >= 0.3 is 0 Å². The Kier molecular flexibility index (Phi) is 5.83. The SMILES string of the molecule is Cc1ccc(CN2C(=O)C(=C3SC(=S)N(Cc4ccccc4Cl)C3=O)c3ccccc32)cc1. The third-order valence-corrected chi connectivity index (χ3v) is 7.56. The van der Waals surface area contributed by atoms with Gasteiger partial charge in [-0.1, -0.05) is 102 Å². The summed E-state index contributed by atoms with van der Waals surface area (Å²) in [6.07, 6.45) is 0.